The summed E-state index contributed by atoms with van der Waals surface area (Å²) in [7, 11) is 1.52. The number of nitrogens with zero attached hydrogens (tertiary/aromatic N) is 1. The standard InChI is InChI=1S/C8H9NO3/c1-12-7-2-3-8(10)6(4-7)5-9-11/h2-5,10-11H,1H3/b9-5+. The minimum absolute atomic E-state index is 0.0496. The fraction of sp³-hybridized carbons (Fsp3) is 0.125. The number of ether oxygens (including phenoxy) is 1. The minimum atomic E-state index is 0.0496. The van der Waals surface area contributed by atoms with Crippen LogP contribution < -0.4 is 4.74 Å². The van der Waals surface area contributed by atoms with Gasteiger partial charge in [0.2, 0.25) is 0 Å². The van der Waals surface area contributed by atoms with Crippen LogP contribution in [0, 0.1) is 0 Å². The molecule has 1 aromatic carbocycles. The summed E-state index contributed by atoms with van der Waals surface area (Å²) in [5.41, 5.74) is 0.414. The minimum Gasteiger partial charge on any atom is -0.507 e. The van der Waals surface area contributed by atoms with Crippen LogP contribution in [0.15, 0.2) is 23.4 Å². The van der Waals surface area contributed by atoms with Crippen molar-refractivity contribution in [2.24, 2.45) is 5.16 Å². The van der Waals surface area contributed by atoms with E-state index in [-0.39, 0.29) is 5.75 Å². The number of hydrogen-bond donors (Lipinski definition) is 2. The van der Waals surface area contributed by atoms with Gasteiger partial charge in [0.05, 0.1) is 13.3 Å². The van der Waals surface area contributed by atoms with Crippen molar-refractivity contribution in [2.45, 2.75) is 0 Å². The molecular weight excluding hydrogens is 158 g/mol. The molecule has 0 fully saturated rings. The highest BCUT2D eigenvalue weighted by Crippen LogP contribution is 2.20. The number of aromatic hydroxyl groups is 1. The van der Waals surface area contributed by atoms with E-state index in [1.807, 2.05) is 0 Å². The van der Waals surface area contributed by atoms with Crippen molar-refractivity contribution in [3.8, 4) is 11.5 Å². The number of phenols is 1. The van der Waals surface area contributed by atoms with Gasteiger partial charge in [-0.3, -0.25) is 0 Å². The van der Waals surface area contributed by atoms with Crippen LogP contribution in [-0.2, 0) is 0 Å². The van der Waals surface area contributed by atoms with Gasteiger partial charge in [-0.25, -0.2) is 0 Å². The summed E-state index contributed by atoms with van der Waals surface area (Å²) in [6.45, 7) is 0. The Morgan fingerprint density at radius 2 is 2.25 bits per heavy atom. The first-order valence-electron chi connectivity index (χ1n) is 3.32. The monoisotopic (exact) mass is 167 g/mol. The van der Waals surface area contributed by atoms with Gasteiger partial charge in [0.25, 0.3) is 0 Å². The third-order valence-electron chi connectivity index (χ3n) is 1.43. The summed E-state index contributed by atoms with van der Waals surface area (Å²) in [5, 5.41) is 20.2. The Kier molecular flexibility index (Phi) is 2.53. The van der Waals surface area contributed by atoms with E-state index < -0.39 is 0 Å². The summed E-state index contributed by atoms with van der Waals surface area (Å²) < 4.78 is 4.90. The molecule has 0 heterocycles. The van der Waals surface area contributed by atoms with Crippen LogP contribution in [0.2, 0.25) is 0 Å². The van der Waals surface area contributed by atoms with Crippen molar-refractivity contribution in [3.63, 3.8) is 0 Å². The first kappa shape index (κ1) is 8.39. The van der Waals surface area contributed by atoms with Crippen LogP contribution in [0.4, 0.5) is 0 Å². The summed E-state index contributed by atoms with van der Waals surface area (Å²) in [6, 6.07) is 4.65. The maximum Gasteiger partial charge on any atom is 0.124 e. The van der Waals surface area contributed by atoms with E-state index in [2.05, 4.69) is 5.16 Å². The molecule has 4 nitrogen and oxygen atoms in total. The van der Waals surface area contributed by atoms with E-state index in [0.29, 0.717) is 11.3 Å². The van der Waals surface area contributed by atoms with E-state index >= 15 is 0 Å². The number of phenolic OH excluding ortho intramolecular Hbond substituents is 1. The fourth-order valence-electron chi connectivity index (χ4n) is 0.825. The Balaban J connectivity index is 3.08. The zero-order chi connectivity index (χ0) is 8.97. The summed E-state index contributed by atoms with van der Waals surface area (Å²) in [6.07, 6.45) is 1.14. The summed E-state index contributed by atoms with van der Waals surface area (Å²) >= 11 is 0. The molecule has 0 radical (unpaired) electrons. The number of rotatable bonds is 2. The Bertz CT molecular complexity index is 296. The Morgan fingerprint density at radius 3 is 2.83 bits per heavy atom. The van der Waals surface area contributed by atoms with Gasteiger partial charge in [-0.1, -0.05) is 5.16 Å². The predicted octanol–water partition coefficient (Wildman–Crippen LogP) is 1.21. The zero-order valence-electron chi connectivity index (χ0n) is 6.56. The molecule has 1 aromatic rings. The molecule has 12 heavy (non-hydrogen) atoms. The normalized spacial score (nSPS) is 10.4. The van der Waals surface area contributed by atoms with E-state index in [9.17, 15) is 5.11 Å². The summed E-state index contributed by atoms with van der Waals surface area (Å²) in [4.78, 5) is 0. The number of hydrogen-bond acceptors (Lipinski definition) is 4. The van der Waals surface area contributed by atoms with Gasteiger partial charge in [-0.15, -0.1) is 0 Å². The molecule has 0 aromatic heterocycles. The second-order valence-corrected chi connectivity index (χ2v) is 2.17. The van der Waals surface area contributed by atoms with Gasteiger partial charge >= 0.3 is 0 Å². The Labute approximate surface area is 69.7 Å². The van der Waals surface area contributed by atoms with Gasteiger partial charge in [0, 0.05) is 5.56 Å². The van der Waals surface area contributed by atoms with Gasteiger partial charge in [-0.05, 0) is 18.2 Å². The maximum absolute atomic E-state index is 9.20. The number of oxime groups is 1. The first-order valence-corrected chi connectivity index (χ1v) is 3.32. The third-order valence-corrected chi connectivity index (χ3v) is 1.43. The van der Waals surface area contributed by atoms with Gasteiger partial charge in [0.15, 0.2) is 0 Å². The lowest BCUT2D eigenvalue weighted by Gasteiger charge is -2.01. The van der Waals surface area contributed by atoms with Crippen LogP contribution in [-0.4, -0.2) is 23.6 Å². The summed E-state index contributed by atoms with van der Waals surface area (Å²) in [5.74, 6) is 0.649. The smallest absolute Gasteiger partial charge is 0.124 e. The quantitative estimate of drug-likeness (QED) is 0.395. The fourth-order valence-corrected chi connectivity index (χ4v) is 0.825. The van der Waals surface area contributed by atoms with Crippen molar-refractivity contribution in [2.75, 3.05) is 7.11 Å². The number of benzene rings is 1. The highest BCUT2D eigenvalue weighted by atomic mass is 16.5. The van der Waals surface area contributed by atoms with E-state index in [1.165, 1.54) is 13.2 Å². The Morgan fingerprint density at radius 1 is 1.50 bits per heavy atom. The molecule has 0 spiro atoms. The molecular formula is C8H9NO3. The molecule has 0 bridgehead atoms. The van der Waals surface area contributed by atoms with Crippen LogP contribution in [0.1, 0.15) is 5.56 Å². The zero-order valence-corrected chi connectivity index (χ0v) is 6.56. The van der Waals surface area contributed by atoms with Crippen molar-refractivity contribution in [1.82, 2.24) is 0 Å². The lowest BCUT2D eigenvalue weighted by Crippen LogP contribution is -1.86. The van der Waals surface area contributed by atoms with Crippen molar-refractivity contribution >= 4 is 6.21 Å². The molecule has 0 aliphatic heterocycles. The lowest BCUT2D eigenvalue weighted by molar-refractivity contribution is 0.321. The van der Waals surface area contributed by atoms with E-state index in [1.54, 1.807) is 12.1 Å². The maximum atomic E-state index is 9.20. The molecule has 1 rings (SSSR count). The molecule has 0 saturated heterocycles. The van der Waals surface area contributed by atoms with E-state index in [0.717, 1.165) is 6.21 Å². The van der Waals surface area contributed by atoms with Crippen LogP contribution >= 0.6 is 0 Å². The molecule has 0 unspecified atom stereocenters. The van der Waals surface area contributed by atoms with E-state index in [4.69, 9.17) is 9.94 Å². The Hall–Kier alpha value is -1.71. The molecule has 64 valence electrons. The van der Waals surface area contributed by atoms with Crippen molar-refractivity contribution in [1.29, 1.82) is 0 Å². The lowest BCUT2D eigenvalue weighted by atomic mass is 10.2. The van der Waals surface area contributed by atoms with Gasteiger partial charge in [0.1, 0.15) is 11.5 Å². The van der Waals surface area contributed by atoms with Gasteiger partial charge < -0.3 is 15.1 Å². The second kappa shape index (κ2) is 3.61. The molecule has 0 aliphatic carbocycles. The average Bonchev–Trinajstić information content (AvgIpc) is 2.09. The highest BCUT2D eigenvalue weighted by Gasteiger charge is 1.99. The van der Waals surface area contributed by atoms with Crippen LogP contribution in [0.3, 0.4) is 0 Å². The molecule has 0 saturated carbocycles. The second-order valence-electron chi connectivity index (χ2n) is 2.17. The highest BCUT2D eigenvalue weighted by molar-refractivity contribution is 5.83. The average molecular weight is 167 g/mol. The van der Waals surface area contributed by atoms with Gasteiger partial charge in [-0.2, -0.15) is 0 Å². The SMILES string of the molecule is COc1ccc(O)c(/C=N/O)c1. The van der Waals surface area contributed by atoms with Crippen LogP contribution in [0.5, 0.6) is 11.5 Å². The largest absolute Gasteiger partial charge is 0.507 e. The molecule has 0 amide bonds. The first-order chi connectivity index (χ1) is 5.77. The van der Waals surface area contributed by atoms with Crippen LogP contribution in [0.25, 0.3) is 0 Å². The molecule has 0 aliphatic rings. The predicted molar refractivity (Wildman–Crippen MR) is 44.0 cm³/mol. The number of methoxy groups -OCH3 is 1. The molecule has 0 atom stereocenters. The van der Waals surface area contributed by atoms with Crippen molar-refractivity contribution < 1.29 is 15.1 Å². The molecule has 2 N–H and O–H groups in total. The molecule has 4 heteroatoms. The van der Waals surface area contributed by atoms with Crippen molar-refractivity contribution in [3.05, 3.63) is 23.8 Å². The topological polar surface area (TPSA) is 62.0 Å². The third kappa shape index (κ3) is 1.66.